The fraction of sp³-hybridized carbons (Fsp3) is 0.509. The first-order valence-electron chi connectivity index (χ1n) is 24.2. The highest BCUT2D eigenvalue weighted by atomic mass is 32.1. The molecule has 2 fully saturated rings. The molecule has 0 spiro atoms. The van der Waals surface area contributed by atoms with Crippen molar-refractivity contribution in [1.82, 2.24) is 40.1 Å². The van der Waals surface area contributed by atoms with E-state index in [2.05, 4.69) is 105 Å². The van der Waals surface area contributed by atoms with Gasteiger partial charge < -0.3 is 24.4 Å². The molecule has 3 aromatic heterocycles. The van der Waals surface area contributed by atoms with Crippen molar-refractivity contribution >= 4 is 46.1 Å². The van der Waals surface area contributed by atoms with E-state index in [-0.39, 0.29) is 45.7 Å². The highest BCUT2D eigenvalue weighted by Crippen LogP contribution is 2.42. The van der Waals surface area contributed by atoms with Crippen molar-refractivity contribution in [1.29, 1.82) is 0 Å². The fourth-order valence-corrected chi connectivity index (χ4v) is 11.2. The molecule has 6 bridgehead atoms. The first kappa shape index (κ1) is 47.9. The Morgan fingerprint density at radius 1 is 1.04 bits per heavy atom. The number of aryl methyl sites for hydroxylation is 2. The number of carbonyl (C=O) groups excluding carboxylic acids is 4. The van der Waals surface area contributed by atoms with Crippen LogP contribution in [0.3, 0.4) is 0 Å². The average Bonchev–Trinajstić information content (AvgIpc) is 4.05. The summed E-state index contributed by atoms with van der Waals surface area (Å²) in [7, 11) is 1.69. The smallest absolute Gasteiger partial charge is 0.324 e. The van der Waals surface area contributed by atoms with Crippen LogP contribution in [0.25, 0.3) is 33.4 Å². The van der Waals surface area contributed by atoms with Crippen LogP contribution in [0.2, 0.25) is 0 Å². The van der Waals surface area contributed by atoms with E-state index in [1.165, 1.54) is 27.5 Å². The summed E-state index contributed by atoms with van der Waals surface area (Å²) in [4.78, 5) is 71.1. The summed E-state index contributed by atoms with van der Waals surface area (Å²) >= 11 is 1.45. The fourth-order valence-electron chi connectivity index (χ4n) is 10.4. The number of cyclic esters (lactones) is 1. The summed E-state index contributed by atoms with van der Waals surface area (Å²) in [5, 5.41) is 8.35. The summed E-state index contributed by atoms with van der Waals surface area (Å²) in [5.41, 5.74) is 12.3. The Kier molecular flexibility index (Phi) is 14.2. The quantitative estimate of drug-likeness (QED) is 0.140. The van der Waals surface area contributed by atoms with Gasteiger partial charge in [-0.2, -0.15) is 0 Å². The summed E-state index contributed by atoms with van der Waals surface area (Å²) in [6, 6.07) is 16.3. The summed E-state index contributed by atoms with van der Waals surface area (Å²) in [5.74, 6) is -1.29. The van der Waals surface area contributed by atoms with Crippen molar-refractivity contribution in [3.63, 3.8) is 0 Å². The van der Waals surface area contributed by atoms with Crippen molar-refractivity contribution in [2.45, 2.75) is 137 Å². The second-order valence-corrected chi connectivity index (χ2v) is 21.3. The maximum Gasteiger partial charge on any atom is 0.324 e. The number of rotatable bonds is 9. The minimum atomic E-state index is -1.04. The van der Waals surface area contributed by atoms with Gasteiger partial charge in [-0.3, -0.25) is 24.4 Å². The van der Waals surface area contributed by atoms with E-state index in [0.29, 0.717) is 37.4 Å². The van der Waals surface area contributed by atoms with Gasteiger partial charge in [0.15, 0.2) is 0 Å². The first-order chi connectivity index (χ1) is 32.0. The number of hydrazine groups is 1. The Labute approximate surface area is 402 Å². The van der Waals surface area contributed by atoms with Gasteiger partial charge >= 0.3 is 12.0 Å². The molecule has 1 unspecified atom stereocenters. The number of amides is 4. The lowest BCUT2D eigenvalue weighted by Crippen LogP contribution is -2.62. The molecule has 3 aliphatic heterocycles. The Morgan fingerprint density at radius 3 is 2.54 bits per heavy atom. The zero-order valence-corrected chi connectivity index (χ0v) is 41.5. The number of nitrogens with zero attached hydrogens (tertiary/aromatic N) is 6. The van der Waals surface area contributed by atoms with Crippen LogP contribution in [0, 0.1) is 18.3 Å². The van der Waals surface area contributed by atoms with Crippen LogP contribution >= 0.6 is 11.3 Å². The molecule has 0 aliphatic carbocycles. The predicted molar refractivity (Wildman–Crippen MR) is 269 cm³/mol. The summed E-state index contributed by atoms with van der Waals surface area (Å²) in [6.07, 6.45) is 6.19. The standard InChI is InChI=1S/C53H68N8O5S.2H2/c1-10-59-44-22-21-36-27-39(44)40(48(59)38-15-11-23-54-46(38)32(2)3)29-53(7,8)31-66-51(64)41-16-13-25-61(57-41)50(63)42(28-45-55-43(36)30-67-45)56-49(62)47(33(4)5)58(9)52(65)60-24-12-14-37(60)26-35-19-17-34(6)18-20-35;;/h11,15,17-23,27,30,32-33,37,41-42,47,57H,10,12-14,16,24-26,28-29,31H2,1-9H3,(H,56,62);2*1H/t37?,41-,42-,47-;;/m0../s1. The first-order valence-corrected chi connectivity index (χ1v) is 25.1. The van der Waals surface area contributed by atoms with Crippen LogP contribution in [0.15, 0.2) is 66.2 Å². The number of carbonyl (C=O) groups is 4. The van der Waals surface area contributed by atoms with Gasteiger partial charge in [0.25, 0.3) is 5.91 Å². The molecule has 13 nitrogen and oxygen atoms in total. The molecular weight excluding hydrogens is 861 g/mol. The van der Waals surface area contributed by atoms with E-state index in [1.807, 2.05) is 36.4 Å². The average molecular weight is 933 g/mol. The number of benzene rings is 2. The number of hydrogen-bond acceptors (Lipinski definition) is 9. The zero-order valence-electron chi connectivity index (χ0n) is 40.7. The number of thiazole rings is 1. The molecule has 4 amide bonds. The maximum absolute atomic E-state index is 14.7. The molecule has 6 heterocycles. The molecule has 8 rings (SSSR count). The Morgan fingerprint density at radius 2 is 1.81 bits per heavy atom. The lowest BCUT2D eigenvalue weighted by Gasteiger charge is -2.37. The van der Waals surface area contributed by atoms with E-state index in [4.69, 9.17) is 14.7 Å². The van der Waals surface area contributed by atoms with Crippen LogP contribution in [-0.2, 0) is 44.9 Å². The monoisotopic (exact) mass is 933 g/mol. The summed E-state index contributed by atoms with van der Waals surface area (Å²) < 4.78 is 8.52. The molecule has 3 aliphatic rings. The van der Waals surface area contributed by atoms with Crippen molar-refractivity contribution in [3.05, 3.63) is 93.6 Å². The second kappa shape index (κ2) is 19.9. The van der Waals surface area contributed by atoms with Crippen LogP contribution in [0.1, 0.15) is 110 Å². The number of aromatic nitrogens is 3. The molecule has 14 heteroatoms. The van der Waals surface area contributed by atoms with Gasteiger partial charge in [-0.25, -0.2) is 15.2 Å². The highest BCUT2D eigenvalue weighted by Gasteiger charge is 2.40. The van der Waals surface area contributed by atoms with Gasteiger partial charge in [0.05, 0.1) is 28.7 Å². The molecule has 67 heavy (non-hydrogen) atoms. The van der Waals surface area contributed by atoms with Crippen LogP contribution in [0.5, 0.6) is 0 Å². The van der Waals surface area contributed by atoms with Gasteiger partial charge in [-0.1, -0.05) is 77.4 Å². The second-order valence-electron chi connectivity index (χ2n) is 20.3. The number of likely N-dealkylation sites (N-methyl/N-ethyl adjacent to an activating group) is 1. The molecule has 360 valence electrons. The van der Waals surface area contributed by atoms with Crippen LogP contribution < -0.4 is 10.7 Å². The van der Waals surface area contributed by atoms with Crippen molar-refractivity contribution < 1.29 is 26.8 Å². The topological polar surface area (TPSA) is 142 Å². The minimum Gasteiger partial charge on any atom is -0.464 e. The summed E-state index contributed by atoms with van der Waals surface area (Å²) in [6.45, 7) is 18.5. The van der Waals surface area contributed by atoms with Gasteiger partial charge in [-0.15, -0.1) is 11.3 Å². The predicted octanol–water partition coefficient (Wildman–Crippen LogP) is 9.20. The molecule has 0 saturated carbocycles. The third-order valence-electron chi connectivity index (χ3n) is 13.8. The highest BCUT2D eigenvalue weighted by molar-refractivity contribution is 7.10. The third kappa shape index (κ3) is 10.2. The van der Waals surface area contributed by atoms with E-state index in [9.17, 15) is 19.2 Å². The van der Waals surface area contributed by atoms with Crippen molar-refractivity contribution in [3.8, 4) is 22.5 Å². The third-order valence-corrected chi connectivity index (χ3v) is 14.7. The molecule has 5 aromatic rings. The molecule has 2 aromatic carbocycles. The minimum absolute atomic E-state index is 0. The number of fused-ring (bicyclic) bond motifs is 6. The Balaban J connectivity index is 0.00000391. The number of urea groups is 1. The number of nitrogens with one attached hydrogen (secondary N) is 2. The van der Waals surface area contributed by atoms with Crippen molar-refractivity contribution in [2.75, 3.05) is 26.7 Å². The molecule has 0 radical (unpaired) electrons. The zero-order chi connectivity index (χ0) is 47.7. The van der Waals surface area contributed by atoms with E-state index < -0.39 is 35.4 Å². The normalized spacial score (nSPS) is 20.6. The number of hydrogen-bond donors (Lipinski definition) is 2. The van der Waals surface area contributed by atoms with E-state index in [1.54, 1.807) is 11.9 Å². The molecular formula is C53H72N8O5S. The van der Waals surface area contributed by atoms with E-state index >= 15 is 0 Å². The largest absolute Gasteiger partial charge is 0.464 e. The Bertz CT molecular complexity index is 2630. The van der Waals surface area contributed by atoms with Gasteiger partial charge in [0.1, 0.15) is 18.1 Å². The van der Waals surface area contributed by atoms with Crippen LogP contribution in [0.4, 0.5) is 4.79 Å². The van der Waals surface area contributed by atoms with Crippen molar-refractivity contribution in [2.24, 2.45) is 11.3 Å². The van der Waals surface area contributed by atoms with E-state index in [0.717, 1.165) is 70.5 Å². The maximum atomic E-state index is 14.7. The Hall–Kier alpha value is -5.60. The molecule has 2 saturated heterocycles. The van der Waals surface area contributed by atoms with Crippen LogP contribution in [-0.4, -0.2) is 104 Å². The van der Waals surface area contributed by atoms with Gasteiger partial charge in [0.2, 0.25) is 5.91 Å². The molecule has 4 atom stereocenters. The SMILES string of the molecule is CCn1c(-c2cccnc2C(C)C)c2c3cc(ccc31)-c1csc(n1)C[C@H](NC(=O)[C@H](C(C)C)N(C)C(=O)N1CCCC1Cc1ccc(C)cc1)C(=O)N1CCC[C@H](N1)C(=O)OCC(C)(C)C2.[HH].[HH]. The number of pyridine rings is 1. The number of likely N-dealkylation sites (tertiary alicyclic amines) is 1. The lowest BCUT2D eigenvalue weighted by atomic mass is 9.84. The molecule has 2 N–H and O–H groups in total. The van der Waals surface area contributed by atoms with Gasteiger partial charge in [0, 0.05) is 81.0 Å². The lowest BCUT2D eigenvalue weighted by molar-refractivity contribution is -0.155. The number of esters is 1. The van der Waals surface area contributed by atoms with Gasteiger partial charge in [-0.05, 0) is 99.6 Å². The number of ether oxygens (including phenoxy) is 1.